The van der Waals surface area contributed by atoms with Crippen molar-refractivity contribution in [3.63, 3.8) is 0 Å². The maximum absolute atomic E-state index is 12.4. The van der Waals surface area contributed by atoms with Crippen LogP contribution in [0.15, 0.2) is 48.5 Å². The molecule has 0 aromatic heterocycles. The third kappa shape index (κ3) is 5.51. The number of urea groups is 1. The molecule has 0 saturated carbocycles. The lowest BCUT2D eigenvalue weighted by atomic mass is 10.1. The molecule has 0 bridgehead atoms. The molecule has 0 unspecified atom stereocenters. The number of hydrogen-bond acceptors (Lipinski definition) is 3. The number of rotatable bonds is 7. The number of nitrogens with zero attached hydrogens (tertiary/aromatic N) is 1. The Hall–Kier alpha value is -3.02. The van der Waals surface area contributed by atoms with Crippen molar-refractivity contribution in [3.05, 3.63) is 59.7 Å². The van der Waals surface area contributed by atoms with Gasteiger partial charge in [-0.25, -0.2) is 4.79 Å². The second kappa shape index (κ2) is 9.46. The highest BCUT2D eigenvalue weighted by Crippen LogP contribution is 2.23. The van der Waals surface area contributed by atoms with Crippen molar-refractivity contribution in [2.45, 2.75) is 19.9 Å². The van der Waals surface area contributed by atoms with Gasteiger partial charge in [0.05, 0.1) is 5.56 Å². The van der Waals surface area contributed by atoms with Gasteiger partial charge in [0.1, 0.15) is 0 Å². The third-order valence-corrected chi connectivity index (χ3v) is 3.81. The van der Waals surface area contributed by atoms with Crippen molar-refractivity contribution >= 4 is 23.3 Å². The maximum Gasteiger partial charge on any atom is 0.319 e. The molecule has 0 aliphatic carbocycles. The summed E-state index contributed by atoms with van der Waals surface area (Å²) < 4.78 is 0. The number of anilines is 2. The Balaban J connectivity index is 2.06. The zero-order valence-corrected chi connectivity index (χ0v) is 15.5. The van der Waals surface area contributed by atoms with Gasteiger partial charge in [-0.05, 0) is 30.2 Å². The smallest absolute Gasteiger partial charge is 0.319 e. The molecule has 0 radical (unpaired) electrons. The van der Waals surface area contributed by atoms with E-state index < -0.39 is 0 Å². The van der Waals surface area contributed by atoms with E-state index in [1.165, 1.54) is 0 Å². The molecule has 138 valence electrons. The van der Waals surface area contributed by atoms with Gasteiger partial charge in [-0.1, -0.05) is 37.3 Å². The second-order valence-corrected chi connectivity index (χ2v) is 6.18. The fraction of sp³-hybridized carbons (Fsp3) is 0.300. The van der Waals surface area contributed by atoms with Crippen LogP contribution in [-0.2, 0) is 6.54 Å². The molecule has 6 heteroatoms. The first-order valence-corrected chi connectivity index (χ1v) is 8.69. The molecule has 0 atom stereocenters. The van der Waals surface area contributed by atoms with E-state index >= 15 is 0 Å². The second-order valence-electron chi connectivity index (χ2n) is 6.18. The minimum atomic E-state index is -0.314. The summed E-state index contributed by atoms with van der Waals surface area (Å²) in [6.07, 6.45) is 0.864. The fourth-order valence-electron chi connectivity index (χ4n) is 2.47. The van der Waals surface area contributed by atoms with Crippen LogP contribution in [0.1, 0.15) is 29.3 Å². The Labute approximate surface area is 154 Å². The number of carbonyl (C=O) groups is 2. The lowest BCUT2D eigenvalue weighted by Crippen LogP contribution is -2.29. The number of carbonyl (C=O) groups excluding carboxylic acids is 2. The van der Waals surface area contributed by atoms with Crippen LogP contribution in [0.5, 0.6) is 0 Å². The zero-order valence-electron chi connectivity index (χ0n) is 15.5. The molecule has 3 N–H and O–H groups in total. The average molecular weight is 354 g/mol. The fourth-order valence-corrected chi connectivity index (χ4v) is 2.47. The Morgan fingerprint density at radius 2 is 1.73 bits per heavy atom. The standard InChI is InChI=1S/C20H26N4O2/c1-4-12-21-19(25)17-13-16(10-11-18(17)24(2)3)23-20(26)22-14-15-8-6-5-7-9-15/h5-11,13H,4,12,14H2,1-3H3,(H,21,25)(H2,22,23,26). The van der Waals surface area contributed by atoms with Crippen molar-refractivity contribution in [3.8, 4) is 0 Å². The van der Waals surface area contributed by atoms with E-state index in [1.54, 1.807) is 12.1 Å². The van der Waals surface area contributed by atoms with E-state index in [0.29, 0.717) is 24.3 Å². The average Bonchev–Trinajstić information content (AvgIpc) is 2.65. The van der Waals surface area contributed by atoms with Gasteiger partial charge in [0.15, 0.2) is 0 Å². The van der Waals surface area contributed by atoms with Crippen molar-refractivity contribution in [2.24, 2.45) is 0 Å². The molecule has 0 saturated heterocycles. The van der Waals surface area contributed by atoms with E-state index in [-0.39, 0.29) is 11.9 Å². The molecule has 2 aromatic rings. The van der Waals surface area contributed by atoms with Gasteiger partial charge < -0.3 is 20.9 Å². The van der Waals surface area contributed by atoms with E-state index in [4.69, 9.17) is 0 Å². The summed E-state index contributed by atoms with van der Waals surface area (Å²) in [4.78, 5) is 26.4. The van der Waals surface area contributed by atoms with Gasteiger partial charge in [-0.15, -0.1) is 0 Å². The first-order valence-electron chi connectivity index (χ1n) is 8.69. The number of amides is 3. The highest BCUT2D eigenvalue weighted by Gasteiger charge is 2.14. The molecular weight excluding hydrogens is 328 g/mol. The van der Waals surface area contributed by atoms with Crippen LogP contribution in [-0.4, -0.2) is 32.6 Å². The summed E-state index contributed by atoms with van der Waals surface area (Å²) in [5.74, 6) is -0.149. The number of benzene rings is 2. The van der Waals surface area contributed by atoms with Crippen LogP contribution in [0, 0.1) is 0 Å². The van der Waals surface area contributed by atoms with Crippen LogP contribution >= 0.6 is 0 Å². The topological polar surface area (TPSA) is 73.5 Å². The molecule has 3 amide bonds. The lowest BCUT2D eigenvalue weighted by molar-refractivity contribution is 0.0954. The maximum atomic E-state index is 12.4. The van der Waals surface area contributed by atoms with Gasteiger partial charge in [-0.3, -0.25) is 4.79 Å². The lowest BCUT2D eigenvalue weighted by Gasteiger charge is -2.18. The van der Waals surface area contributed by atoms with Crippen LogP contribution in [0.25, 0.3) is 0 Å². The molecule has 2 rings (SSSR count). The predicted octanol–water partition coefficient (Wildman–Crippen LogP) is 3.21. The highest BCUT2D eigenvalue weighted by molar-refractivity contribution is 6.01. The van der Waals surface area contributed by atoms with Crippen LogP contribution < -0.4 is 20.9 Å². The van der Waals surface area contributed by atoms with E-state index in [0.717, 1.165) is 17.7 Å². The van der Waals surface area contributed by atoms with Crippen molar-refractivity contribution in [1.82, 2.24) is 10.6 Å². The minimum absolute atomic E-state index is 0.149. The van der Waals surface area contributed by atoms with E-state index in [9.17, 15) is 9.59 Å². The molecule has 2 aromatic carbocycles. The summed E-state index contributed by atoms with van der Waals surface area (Å²) in [6.45, 7) is 3.05. The van der Waals surface area contributed by atoms with Gasteiger partial charge in [0.25, 0.3) is 5.91 Å². The summed E-state index contributed by atoms with van der Waals surface area (Å²) >= 11 is 0. The highest BCUT2D eigenvalue weighted by atomic mass is 16.2. The summed E-state index contributed by atoms with van der Waals surface area (Å²) in [6, 6.07) is 14.7. The monoisotopic (exact) mass is 354 g/mol. The summed E-state index contributed by atoms with van der Waals surface area (Å²) in [5.41, 5.74) is 2.92. The third-order valence-electron chi connectivity index (χ3n) is 3.81. The predicted molar refractivity (Wildman–Crippen MR) is 106 cm³/mol. The minimum Gasteiger partial charge on any atom is -0.377 e. The van der Waals surface area contributed by atoms with Gasteiger partial charge in [-0.2, -0.15) is 0 Å². The van der Waals surface area contributed by atoms with Crippen LogP contribution in [0.4, 0.5) is 16.2 Å². The van der Waals surface area contributed by atoms with Crippen LogP contribution in [0.3, 0.4) is 0 Å². The molecule has 0 aliphatic rings. The van der Waals surface area contributed by atoms with Crippen molar-refractivity contribution in [2.75, 3.05) is 30.9 Å². The molecule has 0 heterocycles. The SMILES string of the molecule is CCCNC(=O)c1cc(NC(=O)NCc2ccccc2)ccc1N(C)C. The molecule has 6 nitrogen and oxygen atoms in total. The largest absolute Gasteiger partial charge is 0.377 e. The van der Waals surface area contributed by atoms with Crippen molar-refractivity contribution in [1.29, 1.82) is 0 Å². The first kappa shape index (κ1) is 19.3. The molecular formula is C20H26N4O2. The Kier molecular flexibility index (Phi) is 7.02. The Morgan fingerprint density at radius 1 is 1.00 bits per heavy atom. The van der Waals surface area contributed by atoms with Gasteiger partial charge in [0.2, 0.25) is 0 Å². The number of hydrogen-bond donors (Lipinski definition) is 3. The Bertz CT molecular complexity index is 745. The molecule has 0 aliphatic heterocycles. The Morgan fingerprint density at radius 3 is 2.38 bits per heavy atom. The summed E-state index contributed by atoms with van der Waals surface area (Å²) in [7, 11) is 3.76. The summed E-state index contributed by atoms with van der Waals surface area (Å²) in [5, 5.41) is 8.47. The molecule has 26 heavy (non-hydrogen) atoms. The van der Waals surface area contributed by atoms with Gasteiger partial charge >= 0.3 is 6.03 Å². The molecule has 0 fully saturated rings. The van der Waals surface area contributed by atoms with Gasteiger partial charge in [0, 0.05) is 38.6 Å². The molecule has 0 spiro atoms. The first-order chi connectivity index (χ1) is 12.5. The van der Waals surface area contributed by atoms with Crippen LogP contribution in [0.2, 0.25) is 0 Å². The quantitative estimate of drug-likeness (QED) is 0.715. The van der Waals surface area contributed by atoms with E-state index in [1.807, 2.05) is 62.3 Å². The number of nitrogens with one attached hydrogen (secondary N) is 3. The normalized spacial score (nSPS) is 10.1. The van der Waals surface area contributed by atoms with E-state index in [2.05, 4.69) is 16.0 Å². The zero-order chi connectivity index (χ0) is 18.9. The van der Waals surface area contributed by atoms with Crippen molar-refractivity contribution < 1.29 is 9.59 Å².